The monoisotopic (exact) mass is 287 g/mol. The van der Waals surface area contributed by atoms with Crippen LogP contribution in [-0.4, -0.2) is 16.8 Å². The summed E-state index contributed by atoms with van der Waals surface area (Å²) in [7, 11) is 0. The van der Waals surface area contributed by atoms with E-state index in [0.717, 1.165) is 12.0 Å². The van der Waals surface area contributed by atoms with Gasteiger partial charge in [-0.3, -0.25) is 4.79 Å². The Hall–Kier alpha value is -0.730. The van der Waals surface area contributed by atoms with Crippen molar-refractivity contribution in [3.8, 4) is 0 Å². The van der Waals surface area contributed by atoms with Gasteiger partial charge in [-0.2, -0.15) is 0 Å². The average Bonchev–Trinajstić information content (AvgIpc) is 2.30. The highest BCUT2D eigenvalue weighted by atomic mass is 35.5. The fourth-order valence-corrected chi connectivity index (χ4v) is 2.07. The van der Waals surface area contributed by atoms with E-state index >= 15 is 0 Å². The van der Waals surface area contributed by atoms with Crippen molar-refractivity contribution in [3.63, 3.8) is 0 Å². The molecule has 0 N–H and O–H groups in total. The van der Waals surface area contributed by atoms with Crippen LogP contribution in [0.5, 0.6) is 0 Å². The summed E-state index contributed by atoms with van der Waals surface area (Å²) < 4.78 is 0. The van der Waals surface area contributed by atoms with E-state index in [1.807, 2.05) is 37.8 Å². The van der Waals surface area contributed by atoms with Crippen LogP contribution in [0.1, 0.15) is 39.2 Å². The zero-order valence-electron chi connectivity index (χ0n) is 11.0. The fourth-order valence-electron chi connectivity index (χ4n) is 1.75. The van der Waals surface area contributed by atoms with Gasteiger partial charge >= 0.3 is 0 Å². The van der Waals surface area contributed by atoms with Crippen LogP contribution >= 0.6 is 23.2 Å². The third kappa shape index (κ3) is 4.18. The number of carbonyl (C=O) groups is 1. The molecular formula is C14H19Cl2NO. The first-order valence-corrected chi connectivity index (χ1v) is 6.94. The van der Waals surface area contributed by atoms with Crippen LogP contribution in [0.3, 0.4) is 0 Å². The van der Waals surface area contributed by atoms with Gasteiger partial charge in [0.1, 0.15) is 0 Å². The van der Waals surface area contributed by atoms with E-state index in [0.29, 0.717) is 23.0 Å². The number of hydrogen-bond acceptors (Lipinski definition) is 1. The average molecular weight is 288 g/mol. The quantitative estimate of drug-likeness (QED) is 0.779. The zero-order chi connectivity index (χ0) is 13.7. The van der Waals surface area contributed by atoms with Gasteiger partial charge in [0.25, 0.3) is 0 Å². The highest BCUT2D eigenvalue weighted by Gasteiger charge is 2.16. The maximum Gasteiger partial charge on any atom is 0.223 e. The van der Waals surface area contributed by atoms with Crippen LogP contribution in [0.2, 0.25) is 10.0 Å². The summed E-state index contributed by atoms with van der Waals surface area (Å²) in [4.78, 5) is 13.9. The Balaban J connectivity index is 2.83. The number of rotatable bonds is 5. The van der Waals surface area contributed by atoms with Gasteiger partial charge in [0.05, 0.1) is 10.0 Å². The van der Waals surface area contributed by atoms with Crippen molar-refractivity contribution >= 4 is 29.1 Å². The summed E-state index contributed by atoms with van der Waals surface area (Å²) in [6, 6.07) is 5.67. The molecule has 0 heterocycles. The topological polar surface area (TPSA) is 20.3 Å². The van der Waals surface area contributed by atoms with Crippen molar-refractivity contribution in [2.75, 3.05) is 0 Å². The lowest BCUT2D eigenvalue weighted by Gasteiger charge is -2.27. The summed E-state index contributed by atoms with van der Waals surface area (Å²) in [6.45, 7) is 6.62. The number of hydrogen-bond donors (Lipinski definition) is 0. The molecule has 0 fully saturated rings. The first-order chi connectivity index (χ1) is 8.45. The van der Waals surface area contributed by atoms with Crippen molar-refractivity contribution in [1.29, 1.82) is 0 Å². The van der Waals surface area contributed by atoms with Crippen molar-refractivity contribution < 1.29 is 4.79 Å². The molecule has 0 aliphatic heterocycles. The summed E-state index contributed by atoms with van der Waals surface area (Å²) in [5.41, 5.74) is 1.00. The Kier molecular flexibility index (Phi) is 5.97. The van der Waals surface area contributed by atoms with Gasteiger partial charge in [0, 0.05) is 19.0 Å². The molecule has 0 saturated heterocycles. The van der Waals surface area contributed by atoms with Gasteiger partial charge in [-0.15, -0.1) is 0 Å². The van der Waals surface area contributed by atoms with Crippen molar-refractivity contribution in [3.05, 3.63) is 33.8 Å². The van der Waals surface area contributed by atoms with Crippen molar-refractivity contribution in [2.45, 2.75) is 46.2 Å². The molecule has 1 aromatic carbocycles. The maximum atomic E-state index is 12.0. The molecule has 0 bridgehead atoms. The van der Waals surface area contributed by atoms with Gasteiger partial charge in [-0.25, -0.2) is 0 Å². The Morgan fingerprint density at radius 3 is 2.44 bits per heavy atom. The van der Waals surface area contributed by atoms with E-state index in [-0.39, 0.29) is 11.9 Å². The molecule has 0 aliphatic rings. The summed E-state index contributed by atoms with van der Waals surface area (Å²) >= 11 is 11.9. The molecule has 2 nitrogen and oxygen atoms in total. The van der Waals surface area contributed by atoms with E-state index in [1.54, 1.807) is 6.07 Å². The number of nitrogens with zero attached hydrogens (tertiary/aromatic N) is 1. The lowest BCUT2D eigenvalue weighted by molar-refractivity contribution is -0.133. The zero-order valence-corrected chi connectivity index (χ0v) is 12.6. The van der Waals surface area contributed by atoms with Crippen LogP contribution in [0.15, 0.2) is 18.2 Å². The second-order valence-corrected chi connectivity index (χ2v) is 5.43. The second-order valence-electron chi connectivity index (χ2n) is 4.61. The predicted molar refractivity (Wildman–Crippen MR) is 77.1 cm³/mol. The molecule has 0 unspecified atom stereocenters. The second kappa shape index (κ2) is 7.01. The third-order valence-electron chi connectivity index (χ3n) is 2.74. The minimum atomic E-state index is 0.179. The SMILES string of the molecule is CCCC(=O)N(Cc1ccc(Cl)c(Cl)c1)C(C)C. The molecule has 0 aliphatic carbocycles. The lowest BCUT2D eigenvalue weighted by atomic mass is 10.1. The predicted octanol–water partition coefficient (Wildman–Crippen LogP) is 4.53. The van der Waals surface area contributed by atoms with Crippen molar-refractivity contribution in [1.82, 2.24) is 4.90 Å². The molecule has 1 rings (SSSR count). The molecule has 0 atom stereocenters. The van der Waals surface area contributed by atoms with Crippen LogP contribution in [0.25, 0.3) is 0 Å². The molecule has 0 aromatic heterocycles. The maximum absolute atomic E-state index is 12.0. The molecule has 1 amide bonds. The third-order valence-corrected chi connectivity index (χ3v) is 3.48. The summed E-state index contributed by atoms with van der Waals surface area (Å²) in [6.07, 6.45) is 1.45. The lowest BCUT2D eigenvalue weighted by Crippen LogP contribution is -2.36. The Bertz CT molecular complexity index is 418. The Morgan fingerprint density at radius 2 is 1.94 bits per heavy atom. The van der Waals surface area contributed by atoms with Crippen LogP contribution in [0, 0.1) is 0 Å². The van der Waals surface area contributed by atoms with E-state index in [1.165, 1.54) is 0 Å². The Morgan fingerprint density at radius 1 is 1.28 bits per heavy atom. The van der Waals surface area contributed by atoms with E-state index in [9.17, 15) is 4.79 Å². The van der Waals surface area contributed by atoms with Gasteiger partial charge in [0.2, 0.25) is 5.91 Å². The van der Waals surface area contributed by atoms with Crippen LogP contribution in [-0.2, 0) is 11.3 Å². The molecule has 18 heavy (non-hydrogen) atoms. The number of halogens is 2. The van der Waals surface area contributed by atoms with E-state index < -0.39 is 0 Å². The standard InChI is InChI=1S/C14H19Cl2NO/c1-4-5-14(18)17(10(2)3)9-11-6-7-12(15)13(16)8-11/h6-8,10H,4-5,9H2,1-3H3. The van der Waals surface area contributed by atoms with Crippen LogP contribution < -0.4 is 0 Å². The van der Waals surface area contributed by atoms with Gasteiger partial charge < -0.3 is 4.90 Å². The summed E-state index contributed by atoms with van der Waals surface area (Å²) in [5.74, 6) is 0.179. The highest BCUT2D eigenvalue weighted by Crippen LogP contribution is 2.23. The number of carbonyl (C=O) groups excluding carboxylic acids is 1. The smallest absolute Gasteiger partial charge is 0.223 e. The van der Waals surface area contributed by atoms with Gasteiger partial charge in [-0.05, 0) is 38.0 Å². The fraction of sp³-hybridized carbons (Fsp3) is 0.500. The molecule has 0 saturated carbocycles. The van der Waals surface area contributed by atoms with Gasteiger partial charge in [-0.1, -0.05) is 36.2 Å². The Labute approximate surface area is 119 Å². The highest BCUT2D eigenvalue weighted by molar-refractivity contribution is 6.42. The molecule has 4 heteroatoms. The molecular weight excluding hydrogens is 269 g/mol. The molecule has 0 spiro atoms. The largest absolute Gasteiger partial charge is 0.336 e. The van der Waals surface area contributed by atoms with Crippen LogP contribution in [0.4, 0.5) is 0 Å². The molecule has 0 radical (unpaired) electrons. The van der Waals surface area contributed by atoms with E-state index in [2.05, 4.69) is 0 Å². The number of amides is 1. The van der Waals surface area contributed by atoms with Crippen molar-refractivity contribution in [2.24, 2.45) is 0 Å². The molecule has 1 aromatic rings. The van der Waals surface area contributed by atoms with Gasteiger partial charge in [0.15, 0.2) is 0 Å². The minimum Gasteiger partial charge on any atom is -0.336 e. The first kappa shape index (κ1) is 15.3. The summed E-state index contributed by atoms with van der Waals surface area (Å²) in [5, 5.41) is 1.07. The normalized spacial score (nSPS) is 10.8. The molecule has 100 valence electrons. The number of benzene rings is 1. The minimum absolute atomic E-state index is 0.179. The first-order valence-electron chi connectivity index (χ1n) is 6.19. The van der Waals surface area contributed by atoms with E-state index in [4.69, 9.17) is 23.2 Å².